The number of fused-ring (bicyclic) bond motifs is 1. The van der Waals surface area contributed by atoms with Crippen LogP contribution in [0.5, 0.6) is 0 Å². The zero-order valence-corrected chi connectivity index (χ0v) is 8.66. The summed E-state index contributed by atoms with van der Waals surface area (Å²) in [7, 11) is 0. The third-order valence-electron chi connectivity index (χ3n) is 3.10. The summed E-state index contributed by atoms with van der Waals surface area (Å²) in [6.45, 7) is 1.96. The maximum absolute atomic E-state index is 13.0. The molecule has 0 heterocycles. The summed E-state index contributed by atoms with van der Waals surface area (Å²) in [5.74, 6) is -0.376. The van der Waals surface area contributed by atoms with Gasteiger partial charge in [-0.3, -0.25) is 4.79 Å². The molecule has 2 nitrogen and oxygen atoms in total. The predicted octanol–water partition coefficient (Wildman–Crippen LogP) is 1.92. The van der Waals surface area contributed by atoms with Crippen LogP contribution in [0.1, 0.15) is 29.3 Å². The summed E-state index contributed by atoms with van der Waals surface area (Å²) in [4.78, 5) is 11.9. The fourth-order valence-corrected chi connectivity index (χ4v) is 2.13. The number of ketones is 1. The highest BCUT2D eigenvalue weighted by Crippen LogP contribution is 2.29. The molecule has 0 radical (unpaired) electrons. The van der Waals surface area contributed by atoms with Gasteiger partial charge < -0.3 is 5.73 Å². The molecule has 1 aromatic rings. The van der Waals surface area contributed by atoms with Gasteiger partial charge in [0.05, 0.1) is 0 Å². The Labute approximate surface area is 88.3 Å². The lowest BCUT2D eigenvalue weighted by molar-refractivity contribution is 0.0918. The number of nitrogens with two attached hydrogens (primary N) is 1. The van der Waals surface area contributed by atoms with Crippen molar-refractivity contribution in [3.05, 3.63) is 35.1 Å². The van der Waals surface area contributed by atoms with Gasteiger partial charge in [-0.05, 0) is 36.6 Å². The van der Waals surface area contributed by atoms with Crippen molar-refractivity contribution in [2.75, 3.05) is 0 Å². The maximum Gasteiger partial charge on any atom is 0.168 e. The summed E-state index contributed by atoms with van der Waals surface area (Å²) < 4.78 is 13.0. The summed E-state index contributed by atoms with van der Waals surface area (Å²) in [5.41, 5.74) is 7.32. The van der Waals surface area contributed by atoms with Crippen LogP contribution in [-0.2, 0) is 6.42 Å². The fraction of sp³-hybridized carbons (Fsp3) is 0.417. The molecule has 0 saturated heterocycles. The number of benzene rings is 1. The Kier molecular flexibility index (Phi) is 2.57. The van der Waals surface area contributed by atoms with Crippen molar-refractivity contribution in [3.8, 4) is 0 Å². The third-order valence-corrected chi connectivity index (χ3v) is 3.10. The van der Waals surface area contributed by atoms with E-state index >= 15 is 0 Å². The number of carbonyl (C=O) groups excluding carboxylic acids is 1. The van der Waals surface area contributed by atoms with Crippen LogP contribution in [0.2, 0.25) is 0 Å². The minimum Gasteiger partial charge on any atom is -0.327 e. The summed E-state index contributed by atoms with van der Waals surface area (Å²) >= 11 is 0. The van der Waals surface area contributed by atoms with Crippen LogP contribution in [0, 0.1) is 11.7 Å². The van der Waals surface area contributed by atoms with Gasteiger partial charge in [0.25, 0.3) is 0 Å². The quantitative estimate of drug-likeness (QED) is 0.805. The van der Waals surface area contributed by atoms with Gasteiger partial charge in [-0.25, -0.2) is 4.39 Å². The molecule has 1 aromatic carbocycles. The number of Topliss-reactive ketones (excluding diaryl/α,β-unsaturated/α-hetero) is 1. The van der Waals surface area contributed by atoms with E-state index in [1.807, 2.05) is 6.92 Å². The van der Waals surface area contributed by atoms with Crippen LogP contribution in [0.25, 0.3) is 0 Å². The first-order valence-corrected chi connectivity index (χ1v) is 5.21. The van der Waals surface area contributed by atoms with Gasteiger partial charge in [-0.1, -0.05) is 6.92 Å². The van der Waals surface area contributed by atoms with E-state index in [2.05, 4.69) is 0 Å². The largest absolute Gasteiger partial charge is 0.327 e. The van der Waals surface area contributed by atoms with E-state index in [1.165, 1.54) is 12.1 Å². The van der Waals surface area contributed by atoms with Crippen molar-refractivity contribution in [1.82, 2.24) is 0 Å². The zero-order valence-electron chi connectivity index (χ0n) is 8.66. The number of halogens is 1. The molecule has 3 heteroatoms. The molecule has 2 atom stereocenters. The molecular weight excluding hydrogens is 193 g/mol. The highest BCUT2D eigenvalue weighted by Gasteiger charge is 2.33. The van der Waals surface area contributed by atoms with Crippen LogP contribution in [0.15, 0.2) is 18.2 Å². The first-order valence-electron chi connectivity index (χ1n) is 5.21. The third kappa shape index (κ3) is 1.67. The van der Waals surface area contributed by atoms with E-state index < -0.39 is 0 Å². The average molecular weight is 207 g/mol. The van der Waals surface area contributed by atoms with E-state index in [9.17, 15) is 9.18 Å². The van der Waals surface area contributed by atoms with Crippen LogP contribution in [-0.4, -0.2) is 11.8 Å². The smallest absolute Gasteiger partial charge is 0.168 e. The van der Waals surface area contributed by atoms with Gasteiger partial charge in [0, 0.05) is 17.5 Å². The van der Waals surface area contributed by atoms with Crippen molar-refractivity contribution in [2.24, 2.45) is 11.7 Å². The molecule has 0 fully saturated rings. The molecule has 2 unspecified atom stereocenters. The highest BCUT2D eigenvalue weighted by molar-refractivity contribution is 6.02. The van der Waals surface area contributed by atoms with Crippen molar-refractivity contribution in [1.29, 1.82) is 0 Å². The first-order chi connectivity index (χ1) is 7.13. The summed E-state index contributed by atoms with van der Waals surface area (Å²) in [6.07, 6.45) is 1.35. The monoisotopic (exact) mass is 207 g/mol. The molecule has 1 aliphatic rings. The topological polar surface area (TPSA) is 43.1 Å². The first kappa shape index (κ1) is 10.3. The lowest BCUT2D eigenvalue weighted by Crippen LogP contribution is -2.33. The molecule has 0 aliphatic heterocycles. The molecule has 0 saturated carbocycles. The number of rotatable bonds is 2. The van der Waals surface area contributed by atoms with Crippen LogP contribution < -0.4 is 5.73 Å². The highest BCUT2D eigenvalue weighted by atomic mass is 19.1. The van der Waals surface area contributed by atoms with Gasteiger partial charge in [-0.2, -0.15) is 0 Å². The molecule has 2 N–H and O–H groups in total. The van der Waals surface area contributed by atoms with Crippen molar-refractivity contribution < 1.29 is 9.18 Å². The lowest BCUT2D eigenvalue weighted by atomic mass is 9.94. The Morgan fingerprint density at radius 3 is 3.00 bits per heavy atom. The standard InChI is InChI=1S/C12H14FNO/c1-2-11(14)10-6-7-5-8(13)3-4-9(7)12(10)15/h3-5,10-11H,2,6,14H2,1H3. The Morgan fingerprint density at radius 1 is 1.60 bits per heavy atom. The second-order valence-electron chi connectivity index (χ2n) is 4.05. The van der Waals surface area contributed by atoms with Gasteiger partial charge in [0.2, 0.25) is 0 Å². The molecule has 80 valence electrons. The van der Waals surface area contributed by atoms with Crippen LogP contribution >= 0.6 is 0 Å². The molecule has 2 rings (SSSR count). The van der Waals surface area contributed by atoms with E-state index in [0.717, 1.165) is 12.0 Å². The summed E-state index contributed by atoms with van der Waals surface area (Å²) in [6, 6.07) is 4.22. The Hall–Kier alpha value is -1.22. The SMILES string of the molecule is CCC(N)C1Cc2cc(F)ccc2C1=O. The van der Waals surface area contributed by atoms with Gasteiger partial charge in [0.15, 0.2) is 5.78 Å². The average Bonchev–Trinajstić information content (AvgIpc) is 2.54. The molecule has 1 aliphatic carbocycles. The van der Waals surface area contributed by atoms with E-state index in [-0.39, 0.29) is 23.6 Å². The molecular formula is C12H14FNO. The van der Waals surface area contributed by atoms with Crippen LogP contribution in [0.4, 0.5) is 4.39 Å². The van der Waals surface area contributed by atoms with E-state index in [0.29, 0.717) is 12.0 Å². The molecule has 0 aromatic heterocycles. The van der Waals surface area contributed by atoms with Gasteiger partial charge in [-0.15, -0.1) is 0 Å². The lowest BCUT2D eigenvalue weighted by Gasteiger charge is -2.14. The van der Waals surface area contributed by atoms with E-state index in [1.54, 1.807) is 6.07 Å². The molecule has 15 heavy (non-hydrogen) atoms. The normalized spacial score (nSPS) is 21.5. The second-order valence-corrected chi connectivity index (χ2v) is 4.05. The predicted molar refractivity (Wildman–Crippen MR) is 56.2 cm³/mol. The van der Waals surface area contributed by atoms with Gasteiger partial charge in [0.1, 0.15) is 5.82 Å². The van der Waals surface area contributed by atoms with E-state index in [4.69, 9.17) is 5.73 Å². The number of carbonyl (C=O) groups is 1. The van der Waals surface area contributed by atoms with Crippen LogP contribution in [0.3, 0.4) is 0 Å². The Bertz CT molecular complexity index is 403. The minimum absolute atomic E-state index is 0.0688. The number of hydrogen-bond donors (Lipinski definition) is 1. The Balaban J connectivity index is 2.33. The van der Waals surface area contributed by atoms with Crippen molar-refractivity contribution in [3.63, 3.8) is 0 Å². The fourth-order valence-electron chi connectivity index (χ4n) is 2.13. The molecule has 0 spiro atoms. The zero-order chi connectivity index (χ0) is 11.0. The van der Waals surface area contributed by atoms with Gasteiger partial charge >= 0.3 is 0 Å². The maximum atomic E-state index is 13.0. The Morgan fingerprint density at radius 2 is 2.33 bits per heavy atom. The minimum atomic E-state index is -0.285. The van der Waals surface area contributed by atoms with Crippen molar-refractivity contribution >= 4 is 5.78 Å². The number of hydrogen-bond acceptors (Lipinski definition) is 2. The molecule has 0 bridgehead atoms. The van der Waals surface area contributed by atoms with Crippen molar-refractivity contribution in [2.45, 2.75) is 25.8 Å². The molecule has 0 amide bonds. The second kappa shape index (κ2) is 3.74. The summed E-state index contributed by atoms with van der Waals surface area (Å²) in [5, 5.41) is 0.